The number of carbonyl (C=O) groups excluding carboxylic acids is 1. The molecule has 7 heteroatoms. The first kappa shape index (κ1) is 13.7. The molecule has 0 saturated heterocycles. The van der Waals surface area contributed by atoms with Crippen LogP contribution in [0.25, 0.3) is 11.1 Å². The average Bonchev–Trinajstić information content (AvgIpc) is 2.85. The number of hydrogen-bond donors (Lipinski definition) is 1. The Morgan fingerprint density at radius 2 is 2.16 bits per heavy atom. The van der Waals surface area contributed by atoms with E-state index in [0.717, 1.165) is 11.1 Å². The van der Waals surface area contributed by atoms with Gasteiger partial charge in [-0.05, 0) is 29.3 Å². The molecule has 0 fully saturated rings. The number of anilines is 1. The van der Waals surface area contributed by atoms with Gasteiger partial charge in [-0.25, -0.2) is 4.79 Å². The van der Waals surface area contributed by atoms with Crippen LogP contribution in [0.2, 0.25) is 0 Å². The summed E-state index contributed by atoms with van der Waals surface area (Å²) in [5.74, 6) is -0.406. The van der Waals surface area contributed by atoms with Crippen LogP contribution in [-0.4, -0.2) is 21.8 Å². The van der Waals surface area contributed by atoms with Crippen molar-refractivity contribution in [1.82, 2.24) is 0 Å². The molecule has 19 heavy (non-hydrogen) atoms. The van der Waals surface area contributed by atoms with Gasteiger partial charge in [0.15, 0.2) is 0 Å². The SMILES string of the molecule is COC(=O)c1cccc(-c2csc(NS(=O)[O-])c2)c1. The lowest BCUT2D eigenvalue weighted by atomic mass is 10.1. The summed E-state index contributed by atoms with van der Waals surface area (Å²) in [5.41, 5.74) is 2.11. The number of rotatable bonds is 4. The first-order chi connectivity index (χ1) is 9.10. The highest BCUT2D eigenvalue weighted by atomic mass is 32.2. The molecule has 1 aromatic carbocycles. The van der Waals surface area contributed by atoms with E-state index in [2.05, 4.69) is 9.46 Å². The fourth-order valence-corrected chi connectivity index (χ4v) is 2.84. The van der Waals surface area contributed by atoms with Crippen molar-refractivity contribution in [3.05, 3.63) is 41.3 Å². The fraction of sp³-hybridized carbons (Fsp3) is 0.0833. The van der Waals surface area contributed by atoms with Crippen molar-refractivity contribution >= 4 is 33.6 Å². The first-order valence-corrected chi connectivity index (χ1v) is 7.19. The number of benzene rings is 1. The monoisotopic (exact) mass is 296 g/mol. The molecule has 0 spiro atoms. The molecule has 0 aliphatic rings. The average molecular weight is 296 g/mol. The Morgan fingerprint density at radius 1 is 1.37 bits per heavy atom. The second-order valence-corrected chi connectivity index (χ2v) is 5.19. The molecule has 0 radical (unpaired) electrons. The zero-order valence-corrected chi connectivity index (χ0v) is 11.5. The van der Waals surface area contributed by atoms with Crippen LogP contribution in [0, 0.1) is 0 Å². The van der Waals surface area contributed by atoms with E-state index in [1.807, 2.05) is 11.4 Å². The van der Waals surface area contributed by atoms with Crippen LogP contribution in [0.15, 0.2) is 35.7 Å². The molecule has 0 amide bonds. The standard InChI is InChI=1S/C12H11NO4S2/c1-17-12(14)9-4-2-3-8(5-9)10-6-11(18-7-10)13-19(15)16/h2-7,13H,1H3,(H,15,16)/p-1. The largest absolute Gasteiger partial charge is 0.755 e. The summed E-state index contributed by atoms with van der Waals surface area (Å²) in [6.07, 6.45) is 0. The maximum atomic E-state index is 11.4. The molecule has 0 saturated carbocycles. The van der Waals surface area contributed by atoms with Crippen molar-refractivity contribution in [2.24, 2.45) is 0 Å². The van der Waals surface area contributed by atoms with Crippen LogP contribution >= 0.6 is 11.3 Å². The zero-order valence-electron chi connectivity index (χ0n) is 9.91. The summed E-state index contributed by atoms with van der Waals surface area (Å²) in [7, 11) is 1.32. The molecule has 1 N–H and O–H groups in total. The van der Waals surface area contributed by atoms with Gasteiger partial charge >= 0.3 is 5.97 Å². The highest BCUT2D eigenvalue weighted by Crippen LogP contribution is 2.29. The molecule has 1 aromatic heterocycles. The van der Waals surface area contributed by atoms with Gasteiger partial charge in [0.25, 0.3) is 0 Å². The minimum atomic E-state index is -2.34. The predicted molar refractivity (Wildman–Crippen MR) is 73.6 cm³/mol. The molecule has 1 unspecified atom stereocenters. The van der Waals surface area contributed by atoms with Crippen molar-refractivity contribution < 1.29 is 18.3 Å². The normalized spacial score (nSPS) is 11.9. The van der Waals surface area contributed by atoms with Gasteiger partial charge in [-0.2, -0.15) is 0 Å². The van der Waals surface area contributed by atoms with Crippen molar-refractivity contribution in [3.8, 4) is 11.1 Å². The Balaban J connectivity index is 2.29. The lowest BCUT2D eigenvalue weighted by Crippen LogP contribution is -2.00. The third kappa shape index (κ3) is 3.40. The number of carbonyl (C=O) groups is 1. The highest BCUT2D eigenvalue weighted by Gasteiger charge is 2.08. The minimum Gasteiger partial charge on any atom is -0.755 e. The van der Waals surface area contributed by atoms with Gasteiger partial charge in [0.05, 0.1) is 17.7 Å². The Hall–Kier alpha value is -1.70. The summed E-state index contributed by atoms with van der Waals surface area (Å²) in [4.78, 5) is 11.4. The van der Waals surface area contributed by atoms with Crippen LogP contribution < -0.4 is 4.72 Å². The second-order valence-electron chi connectivity index (χ2n) is 3.61. The molecular formula is C12H10NO4S2-. The van der Waals surface area contributed by atoms with Gasteiger partial charge < -0.3 is 14.0 Å². The van der Waals surface area contributed by atoms with Crippen molar-refractivity contribution in [1.29, 1.82) is 0 Å². The molecule has 0 bridgehead atoms. The molecule has 5 nitrogen and oxygen atoms in total. The van der Waals surface area contributed by atoms with Crippen molar-refractivity contribution in [2.45, 2.75) is 0 Å². The molecule has 100 valence electrons. The summed E-state index contributed by atoms with van der Waals surface area (Å²) in [6.45, 7) is 0. The van der Waals surface area contributed by atoms with Crippen LogP contribution in [0.3, 0.4) is 0 Å². The van der Waals surface area contributed by atoms with E-state index in [1.165, 1.54) is 18.4 Å². The van der Waals surface area contributed by atoms with Crippen molar-refractivity contribution in [2.75, 3.05) is 11.8 Å². The number of thiophene rings is 1. The van der Waals surface area contributed by atoms with E-state index in [4.69, 9.17) is 0 Å². The zero-order chi connectivity index (χ0) is 13.8. The molecule has 1 atom stereocenters. The number of nitrogens with one attached hydrogen (secondary N) is 1. The molecular weight excluding hydrogens is 286 g/mol. The van der Waals surface area contributed by atoms with Gasteiger partial charge in [0, 0.05) is 16.6 Å². The second kappa shape index (κ2) is 5.96. The number of esters is 1. The van der Waals surface area contributed by atoms with Crippen molar-refractivity contribution in [3.63, 3.8) is 0 Å². The molecule has 1 heterocycles. The summed E-state index contributed by atoms with van der Waals surface area (Å²) < 4.78 is 28.0. The van der Waals surface area contributed by atoms with E-state index in [0.29, 0.717) is 10.6 Å². The lowest BCUT2D eigenvalue weighted by molar-refractivity contribution is 0.0601. The van der Waals surface area contributed by atoms with Gasteiger partial charge in [-0.15, -0.1) is 11.3 Å². The van der Waals surface area contributed by atoms with Crippen LogP contribution in [0.1, 0.15) is 10.4 Å². The Kier molecular flexibility index (Phi) is 4.31. The van der Waals surface area contributed by atoms with Gasteiger partial charge in [0.1, 0.15) is 0 Å². The van der Waals surface area contributed by atoms with E-state index < -0.39 is 17.2 Å². The molecule has 0 aliphatic carbocycles. The predicted octanol–water partition coefficient (Wildman–Crippen LogP) is 2.41. The highest BCUT2D eigenvalue weighted by molar-refractivity contribution is 7.80. The van der Waals surface area contributed by atoms with Gasteiger partial charge in [-0.3, -0.25) is 4.21 Å². The van der Waals surface area contributed by atoms with Gasteiger partial charge in [0.2, 0.25) is 0 Å². The van der Waals surface area contributed by atoms with Crippen LogP contribution in [0.4, 0.5) is 5.00 Å². The van der Waals surface area contributed by atoms with Crippen LogP contribution in [-0.2, 0) is 16.0 Å². The summed E-state index contributed by atoms with van der Waals surface area (Å²) >= 11 is -1.06. The molecule has 2 aromatic rings. The Bertz CT molecular complexity index is 624. The number of ether oxygens (including phenoxy) is 1. The molecule has 0 aliphatic heterocycles. The van der Waals surface area contributed by atoms with E-state index in [9.17, 15) is 13.6 Å². The summed E-state index contributed by atoms with van der Waals surface area (Å²) in [5, 5.41) is 2.33. The lowest BCUT2D eigenvalue weighted by Gasteiger charge is -2.04. The van der Waals surface area contributed by atoms with Crippen LogP contribution in [0.5, 0.6) is 0 Å². The summed E-state index contributed by atoms with van der Waals surface area (Å²) in [6, 6.07) is 8.65. The number of hydrogen-bond acceptors (Lipinski definition) is 5. The maximum Gasteiger partial charge on any atom is 0.337 e. The Morgan fingerprint density at radius 3 is 2.84 bits per heavy atom. The quantitative estimate of drug-likeness (QED) is 0.694. The van der Waals surface area contributed by atoms with E-state index >= 15 is 0 Å². The van der Waals surface area contributed by atoms with Gasteiger partial charge in [-0.1, -0.05) is 12.1 Å². The maximum absolute atomic E-state index is 11.4. The third-order valence-electron chi connectivity index (χ3n) is 2.40. The number of methoxy groups -OCH3 is 1. The third-order valence-corrected chi connectivity index (χ3v) is 3.76. The first-order valence-electron chi connectivity index (χ1n) is 5.23. The molecule has 2 rings (SSSR count). The van der Waals surface area contributed by atoms with E-state index in [1.54, 1.807) is 24.3 Å². The minimum absolute atomic E-state index is 0.406. The fourth-order valence-electron chi connectivity index (χ4n) is 1.57. The topological polar surface area (TPSA) is 78.5 Å². The smallest absolute Gasteiger partial charge is 0.337 e. The van der Waals surface area contributed by atoms with E-state index in [-0.39, 0.29) is 0 Å². The Labute approximate surface area is 116 Å².